The first-order valence-corrected chi connectivity index (χ1v) is 12.0. The van der Waals surface area contributed by atoms with Gasteiger partial charge in [-0.2, -0.15) is 0 Å². The molecule has 4 nitrogen and oxygen atoms in total. The third-order valence-electron chi connectivity index (χ3n) is 6.57. The van der Waals surface area contributed by atoms with E-state index in [1.807, 2.05) is 41.3 Å². The first-order valence-electron chi connectivity index (χ1n) is 12.0. The molecule has 4 heteroatoms. The zero-order valence-corrected chi connectivity index (χ0v) is 19.6. The van der Waals surface area contributed by atoms with Crippen molar-refractivity contribution < 1.29 is 14.7 Å². The summed E-state index contributed by atoms with van der Waals surface area (Å²) >= 11 is 0. The van der Waals surface area contributed by atoms with Gasteiger partial charge >= 0.3 is 5.97 Å². The topological polar surface area (TPSA) is 57.6 Å². The Morgan fingerprint density at radius 3 is 2.38 bits per heavy atom. The average Bonchev–Trinajstić information content (AvgIpc) is 2.87. The van der Waals surface area contributed by atoms with Gasteiger partial charge in [0.25, 0.3) is 0 Å². The molecular weight excluding hydrogens is 422 g/mol. The van der Waals surface area contributed by atoms with E-state index >= 15 is 0 Å². The normalized spacial score (nSPS) is 14.3. The Labute approximate surface area is 201 Å². The molecule has 0 saturated heterocycles. The van der Waals surface area contributed by atoms with Crippen LogP contribution in [0.4, 0.5) is 5.69 Å². The number of hydrogen-bond acceptors (Lipinski definition) is 2. The molecule has 0 aromatic heterocycles. The summed E-state index contributed by atoms with van der Waals surface area (Å²) in [5.41, 5.74) is 6.22. The van der Waals surface area contributed by atoms with E-state index in [9.17, 15) is 9.59 Å². The van der Waals surface area contributed by atoms with Crippen LogP contribution in [0, 0.1) is 12.8 Å². The van der Waals surface area contributed by atoms with E-state index in [0.29, 0.717) is 6.54 Å². The molecule has 1 N–H and O–H groups in total. The highest BCUT2D eigenvalue weighted by atomic mass is 16.4. The minimum Gasteiger partial charge on any atom is -0.478 e. The highest BCUT2D eigenvalue weighted by Gasteiger charge is 2.27. The zero-order chi connectivity index (χ0) is 23.9. The third kappa shape index (κ3) is 5.82. The third-order valence-corrected chi connectivity index (χ3v) is 6.57. The number of rotatable bonds is 7. The number of aliphatic carboxylic acids is 1. The quantitative estimate of drug-likeness (QED) is 0.397. The molecule has 1 fully saturated rings. The minimum atomic E-state index is -0.991. The van der Waals surface area contributed by atoms with E-state index < -0.39 is 5.97 Å². The highest BCUT2D eigenvalue weighted by molar-refractivity contribution is 5.95. The van der Waals surface area contributed by atoms with E-state index in [1.54, 1.807) is 6.08 Å². The van der Waals surface area contributed by atoms with E-state index in [1.165, 1.54) is 17.5 Å². The number of amides is 1. The van der Waals surface area contributed by atoms with E-state index in [2.05, 4.69) is 43.3 Å². The van der Waals surface area contributed by atoms with Crippen LogP contribution in [0.25, 0.3) is 17.2 Å². The van der Waals surface area contributed by atoms with Gasteiger partial charge in [0.1, 0.15) is 0 Å². The Morgan fingerprint density at radius 2 is 1.68 bits per heavy atom. The number of carboxylic acids is 1. The zero-order valence-electron chi connectivity index (χ0n) is 19.6. The summed E-state index contributed by atoms with van der Waals surface area (Å²) in [4.78, 5) is 26.4. The summed E-state index contributed by atoms with van der Waals surface area (Å²) < 4.78 is 0. The van der Waals surface area contributed by atoms with Crippen molar-refractivity contribution in [2.75, 3.05) is 4.90 Å². The van der Waals surface area contributed by atoms with Crippen molar-refractivity contribution in [3.8, 4) is 11.1 Å². The molecule has 3 aromatic rings. The van der Waals surface area contributed by atoms with Crippen LogP contribution < -0.4 is 4.90 Å². The number of aryl methyl sites for hydroxylation is 1. The van der Waals surface area contributed by atoms with E-state index in [0.717, 1.165) is 54.1 Å². The lowest BCUT2D eigenvalue weighted by Crippen LogP contribution is -2.36. The Hall–Kier alpha value is -3.66. The summed E-state index contributed by atoms with van der Waals surface area (Å²) in [7, 11) is 0. The SMILES string of the molecule is Cc1ccccc1-c1ccc(CN(C(=O)C2CCCCC2)c2cccc(C=CC(=O)O)c2)cc1. The second-order valence-electron chi connectivity index (χ2n) is 9.04. The highest BCUT2D eigenvalue weighted by Crippen LogP contribution is 2.30. The number of carboxylic acid groups (broad SMARTS) is 1. The Morgan fingerprint density at radius 1 is 0.941 bits per heavy atom. The van der Waals surface area contributed by atoms with Gasteiger partial charge in [-0.1, -0.05) is 79.9 Å². The van der Waals surface area contributed by atoms with Crippen molar-refractivity contribution in [2.45, 2.75) is 45.6 Å². The first kappa shape index (κ1) is 23.5. The van der Waals surface area contributed by atoms with Gasteiger partial charge in [0.15, 0.2) is 0 Å². The number of carbonyl (C=O) groups is 2. The maximum absolute atomic E-state index is 13.6. The fourth-order valence-electron chi connectivity index (χ4n) is 4.70. The predicted molar refractivity (Wildman–Crippen MR) is 137 cm³/mol. The molecule has 0 atom stereocenters. The van der Waals surface area contributed by atoms with Gasteiger partial charge in [-0.05, 0) is 65.8 Å². The van der Waals surface area contributed by atoms with Crippen LogP contribution in [0.2, 0.25) is 0 Å². The molecule has 1 aliphatic carbocycles. The second kappa shape index (κ2) is 11.0. The summed E-state index contributed by atoms with van der Waals surface area (Å²) in [6.45, 7) is 2.59. The molecule has 34 heavy (non-hydrogen) atoms. The fourth-order valence-corrected chi connectivity index (χ4v) is 4.70. The van der Waals surface area contributed by atoms with Crippen LogP contribution in [0.5, 0.6) is 0 Å². The standard InChI is InChI=1S/C30H31NO3/c1-22-8-5-6-13-28(22)25-17-14-24(15-18-25)21-31(30(34)26-10-3-2-4-11-26)27-12-7-9-23(20-27)16-19-29(32)33/h5-9,12-20,26H,2-4,10-11,21H2,1H3,(H,32,33). The number of hydrogen-bond donors (Lipinski definition) is 1. The molecule has 0 radical (unpaired) electrons. The molecule has 1 aliphatic rings. The lowest BCUT2D eigenvalue weighted by molar-refractivity contribution is -0.131. The smallest absolute Gasteiger partial charge is 0.328 e. The van der Waals surface area contributed by atoms with Gasteiger partial charge in [-0.3, -0.25) is 4.79 Å². The van der Waals surface area contributed by atoms with Crippen molar-refractivity contribution >= 4 is 23.6 Å². The minimum absolute atomic E-state index is 0.0400. The Bertz CT molecular complexity index is 1170. The molecule has 174 valence electrons. The van der Waals surface area contributed by atoms with Gasteiger partial charge in [0, 0.05) is 17.7 Å². The van der Waals surface area contributed by atoms with E-state index in [4.69, 9.17) is 5.11 Å². The lowest BCUT2D eigenvalue weighted by Gasteiger charge is -2.30. The van der Waals surface area contributed by atoms with Crippen LogP contribution in [0.3, 0.4) is 0 Å². The number of benzene rings is 3. The summed E-state index contributed by atoms with van der Waals surface area (Å²) in [5.74, 6) is -0.797. The monoisotopic (exact) mass is 453 g/mol. The largest absolute Gasteiger partial charge is 0.478 e. The van der Waals surface area contributed by atoms with E-state index in [-0.39, 0.29) is 11.8 Å². The molecular formula is C30H31NO3. The predicted octanol–water partition coefficient (Wildman–Crippen LogP) is 6.87. The van der Waals surface area contributed by atoms with Gasteiger partial charge in [-0.25, -0.2) is 4.79 Å². The molecule has 3 aromatic carbocycles. The molecule has 0 unspecified atom stereocenters. The lowest BCUT2D eigenvalue weighted by atomic mass is 9.88. The summed E-state index contributed by atoms with van der Waals surface area (Å²) in [6, 6.07) is 24.3. The van der Waals surface area contributed by atoms with Gasteiger partial charge in [-0.15, -0.1) is 0 Å². The molecule has 4 rings (SSSR count). The van der Waals surface area contributed by atoms with Crippen LogP contribution in [0.15, 0.2) is 78.9 Å². The van der Waals surface area contributed by atoms with Gasteiger partial charge in [0.05, 0.1) is 6.54 Å². The Kier molecular flexibility index (Phi) is 7.58. The van der Waals surface area contributed by atoms with Crippen LogP contribution in [-0.2, 0) is 16.1 Å². The summed E-state index contributed by atoms with van der Waals surface area (Å²) in [5, 5.41) is 8.98. The molecule has 1 amide bonds. The van der Waals surface area contributed by atoms with Crippen LogP contribution in [-0.4, -0.2) is 17.0 Å². The van der Waals surface area contributed by atoms with Crippen molar-refractivity contribution in [1.82, 2.24) is 0 Å². The molecule has 0 bridgehead atoms. The molecule has 0 spiro atoms. The Balaban J connectivity index is 1.62. The van der Waals surface area contributed by atoms with Crippen molar-refractivity contribution in [2.24, 2.45) is 5.92 Å². The van der Waals surface area contributed by atoms with Crippen molar-refractivity contribution in [1.29, 1.82) is 0 Å². The molecule has 0 heterocycles. The fraction of sp³-hybridized carbons (Fsp3) is 0.267. The second-order valence-corrected chi connectivity index (χ2v) is 9.04. The van der Waals surface area contributed by atoms with Crippen molar-refractivity contribution in [3.05, 3.63) is 95.6 Å². The van der Waals surface area contributed by atoms with Gasteiger partial charge in [0.2, 0.25) is 5.91 Å². The van der Waals surface area contributed by atoms with Crippen LogP contribution in [0.1, 0.15) is 48.8 Å². The van der Waals surface area contributed by atoms with Crippen molar-refractivity contribution in [3.63, 3.8) is 0 Å². The number of carbonyl (C=O) groups excluding carboxylic acids is 1. The number of anilines is 1. The molecule has 1 saturated carbocycles. The maximum atomic E-state index is 13.6. The van der Waals surface area contributed by atoms with Crippen LogP contribution >= 0.6 is 0 Å². The number of nitrogens with zero attached hydrogens (tertiary/aromatic N) is 1. The average molecular weight is 454 g/mol. The first-order chi connectivity index (χ1) is 16.5. The molecule has 0 aliphatic heterocycles. The summed E-state index contributed by atoms with van der Waals surface area (Å²) in [6.07, 6.45) is 7.93. The maximum Gasteiger partial charge on any atom is 0.328 e. The van der Waals surface area contributed by atoms with Gasteiger partial charge < -0.3 is 10.0 Å².